The normalized spacial score (nSPS) is 16.6. The largest absolute Gasteiger partial charge is 0.360 e. The molecule has 1 N–H and O–H groups in total. The highest BCUT2D eigenvalue weighted by molar-refractivity contribution is 9.10. The van der Waals surface area contributed by atoms with Crippen molar-refractivity contribution in [2.24, 2.45) is 10.1 Å². The second kappa shape index (κ2) is 8.18. The Kier molecular flexibility index (Phi) is 5.51. The fourth-order valence-electron chi connectivity index (χ4n) is 3.26. The van der Waals surface area contributed by atoms with E-state index in [1.807, 2.05) is 41.4 Å². The fraction of sp³-hybridized carbons (Fsp3) is 0.300. The molecular formula is C20H21BrN4S. The minimum absolute atomic E-state index is 0.421. The number of aromatic amines is 1. The van der Waals surface area contributed by atoms with E-state index < -0.39 is 0 Å². The Bertz CT molecular complexity index is 946. The summed E-state index contributed by atoms with van der Waals surface area (Å²) in [7, 11) is 0. The summed E-state index contributed by atoms with van der Waals surface area (Å²) in [6.07, 6.45) is 10.0. The van der Waals surface area contributed by atoms with Gasteiger partial charge in [0.05, 0.1) is 23.6 Å². The van der Waals surface area contributed by atoms with Gasteiger partial charge in [0.2, 0.25) is 4.80 Å². The van der Waals surface area contributed by atoms with Gasteiger partial charge in [0, 0.05) is 21.6 Å². The van der Waals surface area contributed by atoms with E-state index >= 15 is 0 Å². The van der Waals surface area contributed by atoms with E-state index in [0.29, 0.717) is 6.04 Å². The van der Waals surface area contributed by atoms with E-state index in [2.05, 4.69) is 38.4 Å². The van der Waals surface area contributed by atoms with Crippen LogP contribution in [0, 0.1) is 0 Å². The summed E-state index contributed by atoms with van der Waals surface area (Å²) in [6.45, 7) is 0. The lowest BCUT2D eigenvalue weighted by molar-refractivity contribution is 0.435. The van der Waals surface area contributed by atoms with Crippen LogP contribution in [-0.2, 0) is 0 Å². The number of nitrogens with zero attached hydrogens (tertiary/aromatic N) is 3. The van der Waals surface area contributed by atoms with Crippen molar-refractivity contribution in [2.75, 3.05) is 0 Å². The van der Waals surface area contributed by atoms with Crippen molar-refractivity contribution < 1.29 is 0 Å². The first-order valence-electron chi connectivity index (χ1n) is 8.98. The van der Waals surface area contributed by atoms with Crippen LogP contribution in [0.5, 0.6) is 0 Å². The Labute approximate surface area is 165 Å². The van der Waals surface area contributed by atoms with Gasteiger partial charge in [-0.15, -0.1) is 11.3 Å². The predicted molar refractivity (Wildman–Crippen MR) is 112 cm³/mol. The van der Waals surface area contributed by atoms with E-state index in [1.54, 1.807) is 11.3 Å². The number of hydrogen-bond acceptors (Lipinski definition) is 3. The van der Waals surface area contributed by atoms with Gasteiger partial charge in [-0.1, -0.05) is 47.3 Å². The molecule has 1 aliphatic carbocycles. The third-order valence-electron chi connectivity index (χ3n) is 4.61. The predicted octanol–water partition coefficient (Wildman–Crippen LogP) is 5.42. The average molecular weight is 429 g/mol. The summed E-state index contributed by atoms with van der Waals surface area (Å²) >= 11 is 5.23. The van der Waals surface area contributed by atoms with Gasteiger partial charge in [0.25, 0.3) is 0 Å². The van der Waals surface area contributed by atoms with E-state index in [4.69, 9.17) is 10.1 Å². The molecule has 26 heavy (non-hydrogen) atoms. The third-order valence-corrected chi connectivity index (χ3v) is 5.93. The van der Waals surface area contributed by atoms with Gasteiger partial charge in [0.15, 0.2) is 0 Å². The maximum atomic E-state index is 5.03. The highest BCUT2D eigenvalue weighted by Crippen LogP contribution is 2.24. The number of H-pyrrole nitrogens is 1. The minimum atomic E-state index is 0.421. The molecule has 3 aromatic rings. The van der Waals surface area contributed by atoms with Crippen LogP contribution in [0.1, 0.15) is 37.8 Å². The van der Waals surface area contributed by atoms with Crippen molar-refractivity contribution in [3.8, 4) is 11.3 Å². The maximum absolute atomic E-state index is 5.03. The van der Waals surface area contributed by atoms with Crippen LogP contribution in [0.25, 0.3) is 11.3 Å². The summed E-state index contributed by atoms with van der Waals surface area (Å²) in [6, 6.07) is 12.7. The number of aromatic nitrogens is 2. The molecule has 1 saturated carbocycles. The Morgan fingerprint density at radius 3 is 2.81 bits per heavy atom. The number of nitrogens with one attached hydrogen (secondary N) is 1. The van der Waals surface area contributed by atoms with Crippen molar-refractivity contribution in [2.45, 2.75) is 38.1 Å². The number of thiazole rings is 1. The van der Waals surface area contributed by atoms with Gasteiger partial charge in [-0.3, -0.25) is 4.99 Å². The molecule has 0 radical (unpaired) electrons. The number of rotatable bonds is 4. The lowest BCUT2D eigenvalue weighted by atomic mass is 9.96. The van der Waals surface area contributed by atoms with Gasteiger partial charge in [-0.2, -0.15) is 5.10 Å². The Hall–Kier alpha value is -1.92. The molecule has 0 aliphatic heterocycles. The minimum Gasteiger partial charge on any atom is -0.360 e. The molecule has 1 aromatic carbocycles. The molecule has 0 amide bonds. The summed E-state index contributed by atoms with van der Waals surface area (Å²) in [5.41, 5.74) is 3.17. The first-order chi connectivity index (χ1) is 12.8. The van der Waals surface area contributed by atoms with E-state index in [0.717, 1.165) is 26.2 Å². The lowest BCUT2D eigenvalue weighted by Crippen LogP contribution is -2.19. The molecule has 0 unspecified atom stereocenters. The second-order valence-corrected chi connectivity index (χ2v) is 8.27. The van der Waals surface area contributed by atoms with Crippen molar-refractivity contribution in [3.63, 3.8) is 0 Å². The van der Waals surface area contributed by atoms with E-state index in [9.17, 15) is 0 Å². The third kappa shape index (κ3) is 4.07. The molecule has 1 fully saturated rings. The molecule has 4 rings (SSSR count). The average Bonchev–Trinajstić information content (AvgIpc) is 3.31. The smallest absolute Gasteiger partial charge is 0.206 e. The van der Waals surface area contributed by atoms with Crippen LogP contribution in [0.15, 0.2) is 62.5 Å². The molecule has 4 nitrogen and oxygen atoms in total. The fourth-order valence-corrected chi connectivity index (χ4v) is 4.56. The van der Waals surface area contributed by atoms with Crippen LogP contribution in [-0.4, -0.2) is 21.9 Å². The lowest BCUT2D eigenvalue weighted by Gasteiger charge is -2.16. The molecule has 0 bridgehead atoms. The topological polar surface area (TPSA) is 45.4 Å². The van der Waals surface area contributed by atoms with Crippen LogP contribution in [0.3, 0.4) is 0 Å². The Morgan fingerprint density at radius 2 is 2.04 bits per heavy atom. The monoisotopic (exact) mass is 428 g/mol. The van der Waals surface area contributed by atoms with E-state index in [1.165, 1.54) is 32.1 Å². The summed E-state index contributed by atoms with van der Waals surface area (Å²) < 4.78 is 3.04. The van der Waals surface area contributed by atoms with Crippen molar-refractivity contribution in [1.29, 1.82) is 0 Å². The zero-order chi connectivity index (χ0) is 17.8. The van der Waals surface area contributed by atoms with Gasteiger partial charge in [0.1, 0.15) is 0 Å². The molecule has 2 aromatic heterocycles. The Balaban J connectivity index is 1.77. The van der Waals surface area contributed by atoms with Crippen LogP contribution < -0.4 is 4.80 Å². The van der Waals surface area contributed by atoms with E-state index in [-0.39, 0.29) is 0 Å². The molecule has 2 heterocycles. The van der Waals surface area contributed by atoms with Crippen molar-refractivity contribution in [3.05, 3.63) is 62.9 Å². The molecule has 6 heteroatoms. The molecule has 0 spiro atoms. The maximum Gasteiger partial charge on any atom is 0.206 e. The highest BCUT2D eigenvalue weighted by atomic mass is 79.9. The quantitative estimate of drug-likeness (QED) is 0.539. The molecule has 1 aliphatic rings. The van der Waals surface area contributed by atoms with Gasteiger partial charge in [-0.05, 0) is 37.1 Å². The molecule has 0 saturated heterocycles. The summed E-state index contributed by atoms with van der Waals surface area (Å²) in [5.74, 6) is 0. The SMILES string of the molecule is Brc1cccc(-c2csc(=NC3CCCCC3)n2N=Cc2ccc[nH]2)c1. The molecular weight excluding hydrogens is 408 g/mol. The highest BCUT2D eigenvalue weighted by Gasteiger charge is 2.14. The Morgan fingerprint density at radius 1 is 1.15 bits per heavy atom. The van der Waals surface area contributed by atoms with Crippen molar-refractivity contribution >= 4 is 33.5 Å². The van der Waals surface area contributed by atoms with Crippen LogP contribution in [0.4, 0.5) is 0 Å². The van der Waals surface area contributed by atoms with Gasteiger partial charge in [-0.25, -0.2) is 4.68 Å². The molecule has 134 valence electrons. The van der Waals surface area contributed by atoms with Crippen molar-refractivity contribution in [1.82, 2.24) is 9.66 Å². The zero-order valence-corrected chi connectivity index (χ0v) is 16.8. The van der Waals surface area contributed by atoms with Crippen LogP contribution >= 0.6 is 27.3 Å². The first kappa shape index (κ1) is 17.5. The van der Waals surface area contributed by atoms with Gasteiger partial charge < -0.3 is 4.98 Å². The van der Waals surface area contributed by atoms with Gasteiger partial charge >= 0.3 is 0 Å². The number of hydrogen-bond donors (Lipinski definition) is 1. The summed E-state index contributed by atoms with van der Waals surface area (Å²) in [4.78, 5) is 9.17. The standard InChI is InChI=1S/C20H21BrN4S/c21-16-7-4-6-15(12-16)19-14-26-20(24-17-8-2-1-3-9-17)25(19)23-13-18-10-5-11-22-18/h4-7,10-14,17,22H,1-3,8-9H2. The zero-order valence-electron chi connectivity index (χ0n) is 14.4. The number of halogens is 1. The summed E-state index contributed by atoms with van der Waals surface area (Å²) in [5, 5.41) is 6.89. The number of benzene rings is 1. The first-order valence-corrected chi connectivity index (χ1v) is 10.6. The van der Waals surface area contributed by atoms with Crippen LogP contribution in [0.2, 0.25) is 0 Å². The second-order valence-electron chi connectivity index (χ2n) is 6.52. The molecule has 0 atom stereocenters.